The summed E-state index contributed by atoms with van der Waals surface area (Å²) in [4.78, 5) is 106. The first-order valence-corrected chi connectivity index (χ1v) is 37.5. The number of amides is 3. The van der Waals surface area contributed by atoms with Gasteiger partial charge in [-0.2, -0.15) is 0 Å². The van der Waals surface area contributed by atoms with Crippen LogP contribution in [0.2, 0.25) is 0 Å². The summed E-state index contributed by atoms with van der Waals surface area (Å²) in [6.07, 6.45) is -3.26. The third-order valence-electron chi connectivity index (χ3n) is 19.4. The summed E-state index contributed by atoms with van der Waals surface area (Å²) in [6, 6.07) is -0.471. The lowest BCUT2D eigenvalue weighted by Gasteiger charge is -2.40. The normalized spacial score (nSPS) is 27.9. The molecule has 4 rings (SSSR count). The number of carbonyl (C=O) groups excluding carboxylic acids is 8. The number of ketones is 5. The maximum absolute atomic E-state index is 14.0. The molecule has 0 radical (unpaired) electrons. The first kappa shape index (κ1) is 91.3. The Morgan fingerprint density at radius 3 is 1.13 bits per heavy atom. The van der Waals surface area contributed by atoms with Crippen LogP contribution in [-0.2, 0) is 85.7 Å². The van der Waals surface area contributed by atoms with E-state index in [1.165, 1.54) is 12.0 Å². The molecule has 31 nitrogen and oxygen atoms in total. The van der Waals surface area contributed by atoms with Crippen LogP contribution in [0.25, 0.3) is 0 Å². The highest BCUT2D eigenvalue weighted by atomic mass is 16.7. The zero-order chi connectivity index (χ0) is 75.7. The van der Waals surface area contributed by atoms with E-state index in [9.17, 15) is 89.4 Å². The molecule has 12 N–H and O–H groups in total. The number of nitrogens with zero attached hydrogens (tertiary/aromatic N) is 1. The molecule has 103 heavy (non-hydrogen) atoms. The minimum atomic E-state index is -1.53. The average Bonchev–Trinajstić information content (AvgIpc) is 1.25. The van der Waals surface area contributed by atoms with Crippen molar-refractivity contribution in [1.29, 1.82) is 0 Å². The number of aliphatic hydroxyl groups is 10. The SMILES string of the molecule is COC[C@H]1C[C@H](O)CN1C(=O)CC(=O)NC(COCCC(=O)CCCCCC(=O)CCCCO[C@@H]1OC(CO)[C@H](O)[C@H](O)C1C)(COCCC(=O)CCCCCC(=O)CCCCO[C@@H]1OC(CO)[C@H](O)[C@H](O)C1C)COCCC(=O)NCCCCC(=O)CCCCO[C@@H]1OC(CO)[C@H](O)[C@H](O)C1C. The molecule has 4 aliphatic rings. The van der Waals surface area contributed by atoms with Crippen molar-refractivity contribution < 1.29 is 137 Å². The van der Waals surface area contributed by atoms with Crippen LogP contribution in [0.3, 0.4) is 0 Å². The molecule has 0 aromatic rings. The molecule has 0 spiro atoms. The smallest absolute Gasteiger partial charge is 0.232 e. The summed E-state index contributed by atoms with van der Waals surface area (Å²) < 4.78 is 57.6. The Bertz CT molecular complexity index is 2230. The van der Waals surface area contributed by atoms with Gasteiger partial charge in [0.05, 0.1) is 96.5 Å². The fourth-order valence-corrected chi connectivity index (χ4v) is 12.8. The van der Waals surface area contributed by atoms with Crippen molar-refractivity contribution in [3.05, 3.63) is 0 Å². The Labute approximate surface area is 606 Å². The van der Waals surface area contributed by atoms with E-state index >= 15 is 0 Å². The van der Waals surface area contributed by atoms with E-state index in [4.69, 9.17) is 47.4 Å². The number of carbonyl (C=O) groups is 8. The fourth-order valence-electron chi connectivity index (χ4n) is 12.8. The zero-order valence-corrected chi connectivity index (χ0v) is 61.3. The van der Waals surface area contributed by atoms with Gasteiger partial charge in [0.2, 0.25) is 17.7 Å². The number of hydrogen-bond donors (Lipinski definition) is 12. The van der Waals surface area contributed by atoms with Gasteiger partial charge >= 0.3 is 0 Å². The van der Waals surface area contributed by atoms with Crippen molar-refractivity contribution in [2.75, 3.05) is 106 Å². The van der Waals surface area contributed by atoms with E-state index < -0.39 is 147 Å². The molecule has 4 saturated heterocycles. The molecular formula is C72H125N3O28. The largest absolute Gasteiger partial charge is 0.394 e. The molecule has 31 heteroatoms. The molecule has 0 aromatic carbocycles. The predicted octanol–water partition coefficient (Wildman–Crippen LogP) is 0.879. The van der Waals surface area contributed by atoms with Crippen LogP contribution >= 0.6 is 0 Å². The maximum atomic E-state index is 14.0. The molecular weight excluding hydrogens is 1350 g/mol. The maximum Gasteiger partial charge on any atom is 0.232 e. The molecule has 0 aliphatic carbocycles. The molecule has 0 saturated carbocycles. The van der Waals surface area contributed by atoms with E-state index in [1.807, 2.05) is 0 Å². The monoisotopic (exact) mass is 1480 g/mol. The molecule has 17 atom stereocenters. The minimum Gasteiger partial charge on any atom is -0.394 e. The highest BCUT2D eigenvalue weighted by molar-refractivity contribution is 5.97. The van der Waals surface area contributed by atoms with Gasteiger partial charge in [-0.15, -0.1) is 0 Å². The highest BCUT2D eigenvalue weighted by Crippen LogP contribution is 2.30. The van der Waals surface area contributed by atoms with Gasteiger partial charge in [0, 0.05) is 128 Å². The second-order valence-corrected chi connectivity index (χ2v) is 28.3. The number of ether oxygens (including phenoxy) is 10. The van der Waals surface area contributed by atoms with Gasteiger partial charge in [-0.1, -0.05) is 33.6 Å². The number of methoxy groups -OCH3 is 1. The quantitative estimate of drug-likeness (QED) is 0.0297. The van der Waals surface area contributed by atoms with Gasteiger partial charge in [-0.05, 0) is 83.5 Å². The fraction of sp³-hybridized carbons (Fsp3) is 0.889. The third kappa shape index (κ3) is 34.4. The van der Waals surface area contributed by atoms with Crippen LogP contribution in [0.1, 0.15) is 194 Å². The number of aliphatic hydroxyl groups excluding tert-OH is 10. The summed E-state index contributed by atoms with van der Waals surface area (Å²) in [5.74, 6) is -3.22. The van der Waals surface area contributed by atoms with Crippen molar-refractivity contribution in [1.82, 2.24) is 15.5 Å². The van der Waals surface area contributed by atoms with Crippen LogP contribution in [0.15, 0.2) is 0 Å². The number of unbranched alkanes of at least 4 members (excludes halogenated alkanes) is 8. The lowest BCUT2D eigenvalue weighted by molar-refractivity contribution is -0.282. The summed E-state index contributed by atoms with van der Waals surface area (Å²) >= 11 is 0. The van der Waals surface area contributed by atoms with Gasteiger partial charge in [0.1, 0.15) is 77.5 Å². The first-order valence-electron chi connectivity index (χ1n) is 37.5. The van der Waals surface area contributed by atoms with Crippen LogP contribution in [0.4, 0.5) is 0 Å². The molecule has 4 heterocycles. The standard InChI is InChI=1S/C72H125N3O28/c1-47-63(88)66(91)57(40-76)101-69(47)98-31-16-12-24-51(79)19-7-5-9-21-54(82)27-34-95-44-72(74-61(86)38-62(87)75-39-56(84)37-50(75)43-94-4,45-96-35-28-55(83)22-10-6-8-20-52(80)25-13-17-32-99-70-48(2)64(89)67(92)58(41-77)102-70)46-97-36-29-60(85)73-30-15-11-23-53(81)26-14-18-33-100-71-49(3)65(90)68(93)59(42-78)103-71/h47-50,56-59,63-71,76-78,84,88-93H,5-46H2,1-4H3,(H,73,85)(H,74,86)/t47?,48?,49?,50-,56+,57?,58?,59?,63-,64-,65-,66+,67+,68+,69-,70-,71-,72?/m1/s1. The van der Waals surface area contributed by atoms with E-state index in [-0.39, 0.29) is 153 Å². The van der Waals surface area contributed by atoms with Crippen LogP contribution in [0, 0.1) is 17.8 Å². The number of hydrogen-bond acceptors (Lipinski definition) is 28. The minimum absolute atomic E-state index is 0.00372. The molecule has 596 valence electrons. The van der Waals surface area contributed by atoms with Crippen LogP contribution in [0.5, 0.6) is 0 Å². The number of nitrogens with one attached hydrogen (secondary N) is 2. The molecule has 4 fully saturated rings. The van der Waals surface area contributed by atoms with Crippen LogP contribution in [-0.4, -0.2) is 300 Å². The Morgan fingerprint density at radius 1 is 0.427 bits per heavy atom. The van der Waals surface area contributed by atoms with Gasteiger partial charge in [-0.3, -0.25) is 38.4 Å². The molecule has 0 aromatic heterocycles. The van der Waals surface area contributed by atoms with Crippen molar-refractivity contribution in [3.63, 3.8) is 0 Å². The Balaban J connectivity index is 1.26. The van der Waals surface area contributed by atoms with Crippen molar-refractivity contribution in [2.45, 2.75) is 286 Å². The van der Waals surface area contributed by atoms with Crippen molar-refractivity contribution >= 4 is 46.6 Å². The Hall–Kier alpha value is -4.04. The van der Waals surface area contributed by atoms with E-state index in [1.54, 1.807) is 20.8 Å². The lowest BCUT2D eigenvalue weighted by atomic mass is 9.92. The third-order valence-corrected chi connectivity index (χ3v) is 19.4. The van der Waals surface area contributed by atoms with E-state index in [0.29, 0.717) is 128 Å². The molecule has 3 amide bonds. The number of rotatable bonds is 58. The highest BCUT2D eigenvalue weighted by Gasteiger charge is 2.45. The van der Waals surface area contributed by atoms with Crippen molar-refractivity contribution in [2.24, 2.45) is 17.8 Å². The van der Waals surface area contributed by atoms with E-state index in [2.05, 4.69) is 10.6 Å². The van der Waals surface area contributed by atoms with E-state index in [0.717, 1.165) is 0 Å². The second-order valence-electron chi connectivity index (χ2n) is 28.3. The first-order chi connectivity index (χ1) is 49.4. The summed E-state index contributed by atoms with van der Waals surface area (Å²) in [5, 5.41) is 106. The lowest BCUT2D eigenvalue weighted by Crippen LogP contribution is -2.59. The van der Waals surface area contributed by atoms with Crippen molar-refractivity contribution in [3.8, 4) is 0 Å². The number of β-amino-alcohol motifs (C(OH)–C–C–N with tert-alkyl or cyclic N) is 1. The molecule has 0 bridgehead atoms. The molecule has 6 unspecified atom stereocenters. The topological polar surface area (TPSA) is 458 Å². The van der Waals surface area contributed by atoms with Gasteiger partial charge in [0.15, 0.2) is 18.9 Å². The Morgan fingerprint density at radius 2 is 0.767 bits per heavy atom. The zero-order valence-electron chi connectivity index (χ0n) is 61.3. The van der Waals surface area contributed by atoms with Gasteiger partial charge < -0.3 is 114 Å². The summed E-state index contributed by atoms with van der Waals surface area (Å²) in [5.41, 5.74) is -1.53. The summed E-state index contributed by atoms with van der Waals surface area (Å²) in [7, 11) is 1.46. The number of Topliss-reactive ketones (excluding diaryl/α,β-unsaturated/α-hetero) is 5. The number of likely N-dealkylation sites (tertiary alicyclic amines) is 1. The van der Waals surface area contributed by atoms with Gasteiger partial charge in [0.25, 0.3) is 0 Å². The second kappa shape index (κ2) is 51.3. The average molecular weight is 1480 g/mol. The Kier molecular flexibility index (Phi) is 45.5. The summed E-state index contributed by atoms with van der Waals surface area (Å²) in [6.45, 7) is 3.64. The van der Waals surface area contributed by atoms with Gasteiger partial charge in [-0.25, -0.2) is 0 Å². The predicted molar refractivity (Wildman–Crippen MR) is 368 cm³/mol. The molecule has 4 aliphatic heterocycles. The van der Waals surface area contributed by atoms with Crippen LogP contribution < -0.4 is 10.6 Å².